The van der Waals surface area contributed by atoms with Gasteiger partial charge in [-0.15, -0.1) is 0 Å². The maximum absolute atomic E-state index is 11.3. The number of rotatable bonds is 2. The van der Waals surface area contributed by atoms with Crippen LogP contribution in [0.25, 0.3) is 0 Å². The lowest BCUT2D eigenvalue weighted by Gasteiger charge is -2.45. The van der Waals surface area contributed by atoms with Gasteiger partial charge in [-0.1, -0.05) is 45.7 Å². The molecule has 92 valence electrons. The van der Waals surface area contributed by atoms with E-state index in [0.29, 0.717) is 6.42 Å². The predicted octanol–water partition coefficient (Wildman–Crippen LogP) is 1.94. The summed E-state index contributed by atoms with van der Waals surface area (Å²) in [6.45, 7) is 4.05. The van der Waals surface area contributed by atoms with Gasteiger partial charge in [-0.3, -0.25) is 4.79 Å². The van der Waals surface area contributed by atoms with Crippen molar-refractivity contribution in [1.82, 2.24) is 0 Å². The number of primary amides is 1. The molecule has 3 nitrogen and oxygen atoms in total. The van der Waals surface area contributed by atoms with Crippen molar-refractivity contribution in [3.8, 4) is 0 Å². The first kappa shape index (κ1) is 12.8. The molecule has 0 aromatic rings. The Morgan fingerprint density at radius 3 is 2.44 bits per heavy atom. The lowest BCUT2D eigenvalue weighted by molar-refractivity contribution is -0.123. The molecule has 0 aromatic heterocycles. The first-order valence-electron chi connectivity index (χ1n) is 5.48. The molecular formula is C11H17Br2NO2. The van der Waals surface area contributed by atoms with E-state index in [-0.39, 0.29) is 25.9 Å². The molecule has 0 aliphatic heterocycles. The van der Waals surface area contributed by atoms with Crippen molar-refractivity contribution in [2.45, 2.75) is 48.4 Å². The van der Waals surface area contributed by atoms with Crippen molar-refractivity contribution in [3.05, 3.63) is 0 Å². The van der Waals surface area contributed by atoms with Crippen molar-refractivity contribution in [1.29, 1.82) is 0 Å². The molecule has 1 amide bonds. The van der Waals surface area contributed by atoms with Crippen LogP contribution < -0.4 is 5.73 Å². The molecule has 0 radical (unpaired) electrons. The third kappa shape index (κ3) is 1.25. The second kappa shape index (κ2) is 3.45. The lowest BCUT2D eigenvalue weighted by Crippen LogP contribution is -2.47. The number of fused-ring (bicyclic) bond motifs is 2. The van der Waals surface area contributed by atoms with E-state index in [4.69, 9.17) is 5.73 Å². The number of nitrogens with two attached hydrogens (primary N) is 1. The smallest absolute Gasteiger partial charge is 0.218 e. The van der Waals surface area contributed by atoms with Gasteiger partial charge < -0.3 is 10.8 Å². The summed E-state index contributed by atoms with van der Waals surface area (Å²) in [7, 11) is 0. The van der Waals surface area contributed by atoms with Crippen LogP contribution in [-0.2, 0) is 4.79 Å². The molecule has 0 spiro atoms. The van der Waals surface area contributed by atoms with Crippen LogP contribution in [0.3, 0.4) is 0 Å². The summed E-state index contributed by atoms with van der Waals surface area (Å²) in [6.07, 6.45) is 1.67. The minimum Gasteiger partial charge on any atom is -0.391 e. The molecule has 5 heteroatoms. The molecule has 2 aliphatic rings. The maximum Gasteiger partial charge on any atom is 0.218 e. The van der Waals surface area contributed by atoms with Gasteiger partial charge in [0.2, 0.25) is 5.91 Å². The number of carbonyl (C=O) groups is 1. The Bertz CT molecular complexity index is 347. The Morgan fingerprint density at radius 2 is 2.06 bits per heavy atom. The number of carbonyl (C=O) groups excluding carboxylic acids is 1. The summed E-state index contributed by atoms with van der Waals surface area (Å²) in [6, 6.07) is 0. The third-order valence-electron chi connectivity index (χ3n) is 4.77. The summed E-state index contributed by atoms with van der Waals surface area (Å²) in [4.78, 5) is 11.4. The van der Waals surface area contributed by atoms with Crippen LogP contribution in [0, 0.1) is 10.8 Å². The normalized spacial score (nSPS) is 49.6. The Morgan fingerprint density at radius 1 is 1.50 bits per heavy atom. The molecular weight excluding hydrogens is 338 g/mol. The van der Waals surface area contributed by atoms with Gasteiger partial charge >= 0.3 is 0 Å². The van der Waals surface area contributed by atoms with Gasteiger partial charge in [-0.2, -0.15) is 0 Å². The molecule has 3 N–H and O–H groups in total. The highest BCUT2D eigenvalue weighted by Gasteiger charge is 2.73. The Kier molecular flexibility index (Phi) is 2.77. The SMILES string of the molecule is CC1(C)[C@H](O)[C@]2(Br)CC[C@]1(CC(N)=O)[C@@H]2Br. The summed E-state index contributed by atoms with van der Waals surface area (Å²) in [5.41, 5.74) is 4.82. The molecule has 0 saturated heterocycles. The minimum absolute atomic E-state index is 0.0880. The van der Waals surface area contributed by atoms with Crippen LogP contribution in [0.2, 0.25) is 0 Å². The van der Waals surface area contributed by atoms with Crippen LogP contribution in [0.15, 0.2) is 0 Å². The fourth-order valence-electron chi connectivity index (χ4n) is 3.64. The monoisotopic (exact) mass is 353 g/mol. The molecule has 16 heavy (non-hydrogen) atoms. The average molecular weight is 355 g/mol. The second-order valence-electron chi connectivity index (χ2n) is 5.71. The van der Waals surface area contributed by atoms with Gasteiger partial charge in [0.05, 0.1) is 10.4 Å². The molecule has 2 rings (SSSR count). The van der Waals surface area contributed by atoms with E-state index in [1.807, 2.05) is 13.8 Å². The average Bonchev–Trinajstić information content (AvgIpc) is 2.46. The van der Waals surface area contributed by atoms with E-state index in [1.165, 1.54) is 0 Å². The standard InChI is InChI=1S/C11H17Br2NO2/c1-9(2)8(16)11(13)4-3-10(9,7(11)12)5-6(14)15/h7-8,16H,3-5H2,1-2H3,(H2,14,15)/t7-,8-,10-,11-/m0/s1. The van der Waals surface area contributed by atoms with Gasteiger partial charge in [0.15, 0.2) is 0 Å². The zero-order valence-electron chi connectivity index (χ0n) is 9.46. The molecule has 2 aliphatic carbocycles. The van der Waals surface area contributed by atoms with Crippen LogP contribution in [0.1, 0.15) is 33.1 Å². The number of alkyl halides is 2. The first-order valence-corrected chi connectivity index (χ1v) is 7.19. The number of hydrogen-bond acceptors (Lipinski definition) is 2. The highest BCUT2D eigenvalue weighted by Crippen LogP contribution is 2.72. The van der Waals surface area contributed by atoms with Gasteiger partial charge in [-0.25, -0.2) is 0 Å². The van der Waals surface area contributed by atoms with Crippen molar-refractivity contribution in [3.63, 3.8) is 0 Å². The van der Waals surface area contributed by atoms with Gasteiger partial charge in [0, 0.05) is 16.7 Å². The lowest BCUT2D eigenvalue weighted by atomic mass is 9.62. The van der Waals surface area contributed by atoms with Crippen LogP contribution in [0.4, 0.5) is 0 Å². The van der Waals surface area contributed by atoms with E-state index in [1.54, 1.807) is 0 Å². The zero-order chi connectivity index (χ0) is 12.4. The van der Waals surface area contributed by atoms with Gasteiger partial charge in [0.1, 0.15) is 0 Å². The first-order chi connectivity index (χ1) is 7.18. The highest BCUT2D eigenvalue weighted by atomic mass is 79.9. The minimum atomic E-state index is -0.461. The van der Waals surface area contributed by atoms with Crippen molar-refractivity contribution in [2.24, 2.45) is 16.6 Å². The molecule has 0 aromatic carbocycles. The highest BCUT2D eigenvalue weighted by molar-refractivity contribution is 9.12. The van der Waals surface area contributed by atoms with E-state index >= 15 is 0 Å². The topological polar surface area (TPSA) is 63.3 Å². The maximum atomic E-state index is 11.3. The van der Waals surface area contributed by atoms with E-state index in [9.17, 15) is 9.90 Å². The molecule has 0 heterocycles. The van der Waals surface area contributed by atoms with E-state index in [0.717, 1.165) is 12.8 Å². The van der Waals surface area contributed by atoms with Crippen molar-refractivity contribution >= 4 is 37.8 Å². The van der Waals surface area contributed by atoms with Crippen LogP contribution in [0.5, 0.6) is 0 Å². The molecule has 2 bridgehead atoms. The summed E-state index contributed by atoms with van der Waals surface area (Å²) in [5.74, 6) is -0.289. The summed E-state index contributed by atoms with van der Waals surface area (Å²) in [5, 5.41) is 10.4. The number of halogens is 2. The number of hydrogen-bond donors (Lipinski definition) is 2. The third-order valence-corrected chi connectivity index (χ3v) is 8.37. The Balaban J connectivity index is 2.48. The molecule has 2 fully saturated rings. The summed E-state index contributed by atoms with van der Waals surface area (Å²) < 4.78 is -0.314. The number of amides is 1. The largest absolute Gasteiger partial charge is 0.391 e. The summed E-state index contributed by atoms with van der Waals surface area (Å²) >= 11 is 7.34. The fourth-order valence-corrected chi connectivity index (χ4v) is 6.31. The van der Waals surface area contributed by atoms with E-state index in [2.05, 4.69) is 31.9 Å². The second-order valence-corrected chi connectivity index (χ2v) is 8.10. The molecule has 4 atom stereocenters. The number of aliphatic hydroxyl groups excluding tert-OH is 1. The Labute approximate surface area is 112 Å². The van der Waals surface area contributed by atoms with Gasteiger partial charge in [-0.05, 0) is 18.3 Å². The number of aliphatic hydroxyl groups is 1. The van der Waals surface area contributed by atoms with E-state index < -0.39 is 6.10 Å². The van der Waals surface area contributed by atoms with Crippen LogP contribution in [-0.4, -0.2) is 26.3 Å². The zero-order valence-corrected chi connectivity index (χ0v) is 12.6. The van der Waals surface area contributed by atoms with Crippen molar-refractivity contribution < 1.29 is 9.90 Å². The van der Waals surface area contributed by atoms with Gasteiger partial charge in [0.25, 0.3) is 0 Å². The Hall–Kier alpha value is 0.390. The molecule has 2 saturated carbocycles. The quantitative estimate of drug-likeness (QED) is 0.744. The fraction of sp³-hybridized carbons (Fsp3) is 0.909. The van der Waals surface area contributed by atoms with Crippen LogP contribution >= 0.6 is 31.9 Å². The van der Waals surface area contributed by atoms with Crippen molar-refractivity contribution in [2.75, 3.05) is 0 Å². The predicted molar refractivity (Wildman–Crippen MR) is 69.6 cm³/mol. The molecule has 0 unspecified atom stereocenters.